The molecule has 2 aromatic rings. The third-order valence-electron chi connectivity index (χ3n) is 3.79. The topological polar surface area (TPSA) is 71.7 Å². The molecule has 0 spiro atoms. The summed E-state index contributed by atoms with van der Waals surface area (Å²) in [5.74, 6) is 2.80. The largest absolute Gasteiger partial charge is 0.496 e. The summed E-state index contributed by atoms with van der Waals surface area (Å²) >= 11 is 0. The third kappa shape index (κ3) is 6.86. The summed E-state index contributed by atoms with van der Waals surface area (Å²) in [4.78, 5) is 4.56. The van der Waals surface area contributed by atoms with Crippen LogP contribution in [0.25, 0.3) is 0 Å². The molecule has 0 aliphatic heterocycles. The van der Waals surface area contributed by atoms with Crippen molar-refractivity contribution in [1.82, 2.24) is 15.8 Å². The van der Waals surface area contributed by atoms with Gasteiger partial charge in [0.15, 0.2) is 11.7 Å². The van der Waals surface area contributed by atoms with Crippen LogP contribution in [0.3, 0.4) is 0 Å². The quantitative estimate of drug-likeness (QED) is 0.348. The molecular weight excluding hydrogens is 443 g/mol. The van der Waals surface area contributed by atoms with Crippen LogP contribution in [-0.2, 0) is 13.0 Å². The van der Waals surface area contributed by atoms with Crippen molar-refractivity contribution < 1.29 is 9.26 Å². The van der Waals surface area contributed by atoms with E-state index >= 15 is 0 Å². The Morgan fingerprint density at radius 1 is 1.27 bits per heavy atom. The highest BCUT2D eigenvalue weighted by Gasteiger charge is 2.08. The predicted octanol–water partition coefficient (Wildman–Crippen LogP) is 3.72. The second-order valence-corrected chi connectivity index (χ2v) is 6.06. The molecule has 0 fully saturated rings. The second kappa shape index (κ2) is 11.8. The van der Waals surface area contributed by atoms with Gasteiger partial charge in [-0.15, -0.1) is 24.0 Å². The summed E-state index contributed by atoms with van der Waals surface area (Å²) in [6, 6.07) is 10.0. The molecule has 2 N–H and O–H groups in total. The number of rotatable bonds is 8. The molecule has 2 rings (SSSR count). The summed E-state index contributed by atoms with van der Waals surface area (Å²) in [6.45, 7) is 8.25. The molecular formula is C19H29IN4O2. The zero-order chi connectivity index (χ0) is 18.1. The fourth-order valence-electron chi connectivity index (χ4n) is 2.40. The van der Waals surface area contributed by atoms with Crippen molar-refractivity contribution in [3.63, 3.8) is 0 Å². The zero-order valence-corrected chi connectivity index (χ0v) is 18.2. The molecule has 1 aromatic carbocycles. The monoisotopic (exact) mass is 472 g/mol. The van der Waals surface area contributed by atoms with Gasteiger partial charge in [-0.2, -0.15) is 0 Å². The molecule has 0 atom stereocenters. The number of guanidine groups is 1. The number of methoxy groups -OCH3 is 1. The molecule has 0 aliphatic carbocycles. The van der Waals surface area contributed by atoms with Crippen molar-refractivity contribution in [2.75, 3.05) is 20.2 Å². The average Bonchev–Trinajstić information content (AvgIpc) is 3.09. The van der Waals surface area contributed by atoms with Crippen molar-refractivity contribution in [2.24, 2.45) is 4.99 Å². The molecule has 0 radical (unpaired) electrons. The van der Waals surface area contributed by atoms with E-state index in [9.17, 15) is 0 Å². The Kier molecular flexibility index (Phi) is 10.1. The first kappa shape index (κ1) is 22.3. The van der Waals surface area contributed by atoms with Gasteiger partial charge in [-0.05, 0) is 30.9 Å². The van der Waals surface area contributed by atoms with E-state index in [1.807, 2.05) is 31.2 Å². The van der Waals surface area contributed by atoms with Gasteiger partial charge in [0, 0.05) is 19.2 Å². The van der Waals surface area contributed by atoms with E-state index < -0.39 is 0 Å². The highest BCUT2D eigenvalue weighted by Crippen LogP contribution is 2.17. The van der Waals surface area contributed by atoms with Crippen LogP contribution in [0.5, 0.6) is 5.75 Å². The number of aliphatic imine (C=N–C) groups is 1. The van der Waals surface area contributed by atoms with Gasteiger partial charge < -0.3 is 19.9 Å². The van der Waals surface area contributed by atoms with Gasteiger partial charge in [-0.25, -0.2) is 4.99 Å². The lowest BCUT2D eigenvalue weighted by atomic mass is 10.1. The molecule has 0 amide bonds. The fraction of sp³-hybridized carbons (Fsp3) is 0.474. The molecule has 144 valence electrons. The molecule has 0 aliphatic rings. The first-order valence-electron chi connectivity index (χ1n) is 8.73. The maximum atomic E-state index is 5.38. The summed E-state index contributed by atoms with van der Waals surface area (Å²) < 4.78 is 10.7. The maximum Gasteiger partial charge on any atom is 0.191 e. The minimum Gasteiger partial charge on any atom is -0.496 e. The lowest BCUT2D eigenvalue weighted by Crippen LogP contribution is -2.38. The molecule has 0 unspecified atom stereocenters. The van der Waals surface area contributed by atoms with Crippen molar-refractivity contribution in [1.29, 1.82) is 0 Å². The smallest absolute Gasteiger partial charge is 0.191 e. The Hall–Kier alpha value is -1.77. The first-order valence-corrected chi connectivity index (χ1v) is 8.73. The van der Waals surface area contributed by atoms with E-state index in [2.05, 4.69) is 40.7 Å². The van der Waals surface area contributed by atoms with Crippen molar-refractivity contribution >= 4 is 29.9 Å². The summed E-state index contributed by atoms with van der Waals surface area (Å²) in [5, 5.41) is 10.6. The predicted molar refractivity (Wildman–Crippen MR) is 116 cm³/mol. The fourth-order valence-corrected chi connectivity index (χ4v) is 2.40. The van der Waals surface area contributed by atoms with Crippen LogP contribution in [0.15, 0.2) is 39.8 Å². The van der Waals surface area contributed by atoms with Gasteiger partial charge >= 0.3 is 0 Å². The van der Waals surface area contributed by atoms with Crippen molar-refractivity contribution in [3.8, 4) is 5.75 Å². The molecule has 6 nitrogen and oxygen atoms in total. The number of para-hydroxylation sites is 1. The molecule has 1 heterocycles. The van der Waals surface area contributed by atoms with Crippen LogP contribution in [0, 0.1) is 0 Å². The second-order valence-electron chi connectivity index (χ2n) is 6.06. The molecule has 0 bridgehead atoms. The van der Waals surface area contributed by atoms with Gasteiger partial charge in [0.05, 0.1) is 12.8 Å². The summed E-state index contributed by atoms with van der Waals surface area (Å²) in [7, 11) is 1.70. The number of nitrogens with zero attached hydrogens (tertiary/aromatic N) is 2. The molecule has 7 heteroatoms. The number of nitrogens with one attached hydrogen (secondary N) is 2. The van der Waals surface area contributed by atoms with Crippen LogP contribution in [0.2, 0.25) is 0 Å². The van der Waals surface area contributed by atoms with Gasteiger partial charge in [0.1, 0.15) is 12.3 Å². The molecule has 0 saturated carbocycles. The number of halogens is 1. The SMILES string of the molecule is CCNC(=NCc1cc(C(C)C)no1)NCCc1ccccc1OC.I. The number of benzene rings is 1. The highest BCUT2D eigenvalue weighted by molar-refractivity contribution is 14.0. The van der Waals surface area contributed by atoms with Crippen LogP contribution >= 0.6 is 24.0 Å². The Labute approximate surface area is 172 Å². The molecule has 1 aromatic heterocycles. The minimum absolute atomic E-state index is 0. The maximum absolute atomic E-state index is 5.38. The van der Waals surface area contributed by atoms with E-state index in [-0.39, 0.29) is 24.0 Å². The zero-order valence-electron chi connectivity index (χ0n) is 15.9. The number of hydrogen-bond acceptors (Lipinski definition) is 4. The normalized spacial score (nSPS) is 11.2. The van der Waals surface area contributed by atoms with Gasteiger partial charge in [-0.1, -0.05) is 37.2 Å². The number of ether oxygens (including phenoxy) is 1. The Balaban J connectivity index is 0.00000338. The van der Waals surface area contributed by atoms with Crippen LogP contribution in [-0.4, -0.2) is 31.3 Å². The molecule has 26 heavy (non-hydrogen) atoms. The molecule has 0 saturated heterocycles. The van der Waals surface area contributed by atoms with E-state index in [1.54, 1.807) is 7.11 Å². The average molecular weight is 472 g/mol. The first-order chi connectivity index (χ1) is 12.1. The Morgan fingerprint density at radius 3 is 2.69 bits per heavy atom. The van der Waals surface area contributed by atoms with E-state index in [0.717, 1.165) is 42.7 Å². The van der Waals surface area contributed by atoms with Crippen LogP contribution < -0.4 is 15.4 Å². The summed E-state index contributed by atoms with van der Waals surface area (Å²) in [5.41, 5.74) is 2.13. The lowest BCUT2D eigenvalue weighted by Gasteiger charge is -2.12. The lowest BCUT2D eigenvalue weighted by molar-refractivity contribution is 0.376. The standard InChI is InChI=1S/C19H28N4O2.HI/c1-5-20-19(22-13-16-12-17(14(2)3)23-25-16)21-11-10-15-8-6-7-9-18(15)24-4;/h6-9,12,14H,5,10-11,13H2,1-4H3,(H2,20,21,22);1H. The highest BCUT2D eigenvalue weighted by atomic mass is 127. The van der Waals surface area contributed by atoms with Gasteiger partial charge in [0.2, 0.25) is 0 Å². The van der Waals surface area contributed by atoms with Crippen molar-refractivity contribution in [3.05, 3.63) is 47.3 Å². The van der Waals surface area contributed by atoms with E-state index in [4.69, 9.17) is 9.26 Å². The third-order valence-corrected chi connectivity index (χ3v) is 3.79. The number of hydrogen-bond donors (Lipinski definition) is 2. The van der Waals surface area contributed by atoms with Crippen molar-refractivity contribution in [2.45, 2.75) is 39.7 Å². The minimum atomic E-state index is 0. The van der Waals surface area contributed by atoms with E-state index in [1.165, 1.54) is 5.56 Å². The van der Waals surface area contributed by atoms with Gasteiger partial charge in [0.25, 0.3) is 0 Å². The van der Waals surface area contributed by atoms with E-state index in [0.29, 0.717) is 12.5 Å². The van der Waals surface area contributed by atoms with Gasteiger partial charge in [-0.3, -0.25) is 0 Å². The summed E-state index contributed by atoms with van der Waals surface area (Å²) in [6.07, 6.45) is 0.855. The number of aromatic nitrogens is 1. The van der Waals surface area contributed by atoms with Crippen LogP contribution in [0.1, 0.15) is 43.7 Å². The Morgan fingerprint density at radius 2 is 2.04 bits per heavy atom. The Bertz CT molecular complexity index is 686. The van der Waals surface area contributed by atoms with Crippen LogP contribution in [0.4, 0.5) is 0 Å².